The molecule has 0 saturated carbocycles. The third-order valence-corrected chi connectivity index (χ3v) is 8.20. The Bertz CT molecular complexity index is 1510. The van der Waals surface area contributed by atoms with E-state index in [4.69, 9.17) is 25.8 Å². The summed E-state index contributed by atoms with van der Waals surface area (Å²) in [6, 6.07) is 7.15. The highest BCUT2D eigenvalue weighted by molar-refractivity contribution is 7.91. The summed E-state index contributed by atoms with van der Waals surface area (Å²) in [5.74, 6) is 1.17. The van der Waals surface area contributed by atoms with Crippen LogP contribution in [0.5, 0.6) is 11.5 Å². The summed E-state index contributed by atoms with van der Waals surface area (Å²) in [5, 5.41) is 7.95. The minimum absolute atomic E-state index is 0.156. The first kappa shape index (κ1) is 27.4. The van der Waals surface area contributed by atoms with Crippen LogP contribution in [-0.4, -0.2) is 64.7 Å². The second-order valence-electron chi connectivity index (χ2n) is 8.47. The zero-order valence-electron chi connectivity index (χ0n) is 21.5. The van der Waals surface area contributed by atoms with E-state index in [0.29, 0.717) is 33.6 Å². The third kappa shape index (κ3) is 5.47. The molecule has 4 rings (SSSR count). The number of ether oxygens (including phenoxy) is 3. The number of hydrogen-bond donors (Lipinski definition) is 0. The molecule has 13 heteroatoms. The molecule has 38 heavy (non-hydrogen) atoms. The summed E-state index contributed by atoms with van der Waals surface area (Å²) in [5.41, 5.74) is 2.01. The predicted molar refractivity (Wildman–Crippen MR) is 141 cm³/mol. The van der Waals surface area contributed by atoms with Crippen molar-refractivity contribution in [3.63, 3.8) is 0 Å². The number of para-hydroxylation sites is 1. The van der Waals surface area contributed by atoms with Gasteiger partial charge in [-0.25, -0.2) is 18.4 Å². The zero-order chi connectivity index (χ0) is 27.4. The van der Waals surface area contributed by atoms with Gasteiger partial charge in [0.1, 0.15) is 29.0 Å². The molecule has 11 nitrogen and oxygen atoms in total. The fraction of sp³-hybridized carbons (Fsp3) is 0.320. The van der Waals surface area contributed by atoms with Gasteiger partial charge in [0.25, 0.3) is 0 Å². The average Bonchev–Trinajstić information content (AvgIpc) is 3.31. The SMILES string of the molecule is COc1cccc(OC)c1-n1c(CS(=O)(=O)[C@@H](C)[C@@H](OC)c2ncc(Cl)cn2)nnc1-c1cncc(C)c1. The van der Waals surface area contributed by atoms with E-state index >= 15 is 0 Å². The lowest BCUT2D eigenvalue weighted by Crippen LogP contribution is -2.30. The minimum atomic E-state index is -3.89. The highest BCUT2D eigenvalue weighted by Crippen LogP contribution is 2.37. The number of hydrogen-bond acceptors (Lipinski definition) is 10. The molecule has 0 radical (unpaired) electrons. The number of aromatic nitrogens is 6. The standard InChI is InChI=1S/C25H27ClN6O5S/c1-15-9-17(11-27-10-15)25-31-30-21(32(25)22-19(35-3)7-6-8-20(22)36-4)14-38(33,34)16(2)23(37-5)24-28-12-18(26)13-29-24/h6-13,16,23H,14H2,1-5H3/t16-,23+/m0/s1. The number of rotatable bonds is 10. The summed E-state index contributed by atoms with van der Waals surface area (Å²) in [4.78, 5) is 12.6. The van der Waals surface area contributed by atoms with Gasteiger partial charge >= 0.3 is 0 Å². The summed E-state index contributed by atoms with van der Waals surface area (Å²) < 4.78 is 45.8. The van der Waals surface area contributed by atoms with Crippen LogP contribution in [0.25, 0.3) is 17.1 Å². The van der Waals surface area contributed by atoms with Crippen LogP contribution in [0.3, 0.4) is 0 Å². The molecule has 0 N–H and O–H groups in total. The van der Waals surface area contributed by atoms with Crippen molar-refractivity contribution in [2.45, 2.75) is 31.0 Å². The molecule has 0 fully saturated rings. The monoisotopic (exact) mass is 558 g/mol. The van der Waals surface area contributed by atoms with Gasteiger partial charge in [0.15, 0.2) is 27.3 Å². The Balaban J connectivity index is 1.84. The molecule has 4 aromatic rings. The fourth-order valence-corrected chi connectivity index (χ4v) is 5.55. The summed E-state index contributed by atoms with van der Waals surface area (Å²) in [6.07, 6.45) is 5.19. The lowest BCUT2D eigenvalue weighted by molar-refractivity contribution is 0.0948. The number of nitrogens with zero attached hydrogens (tertiary/aromatic N) is 6. The van der Waals surface area contributed by atoms with E-state index in [0.717, 1.165) is 5.56 Å². The Labute approximate surface area is 225 Å². The van der Waals surface area contributed by atoms with Gasteiger partial charge < -0.3 is 14.2 Å². The van der Waals surface area contributed by atoms with Crippen LogP contribution in [0.4, 0.5) is 0 Å². The topological polar surface area (TPSA) is 131 Å². The lowest BCUT2D eigenvalue weighted by Gasteiger charge is -2.22. The van der Waals surface area contributed by atoms with Crippen LogP contribution >= 0.6 is 11.6 Å². The maximum Gasteiger partial charge on any atom is 0.170 e. The smallest absolute Gasteiger partial charge is 0.170 e. The van der Waals surface area contributed by atoms with E-state index < -0.39 is 26.9 Å². The van der Waals surface area contributed by atoms with Gasteiger partial charge in [0.05, 0.1) is 24.5 Å². The maximum atomic E-state index is 13.7. The van der Waals surface area contributed by atoms with Crippen LogP contribution < -0.4 is 9.47 Å². The summed E-state index contributed by atoms with van der Waals surface area (Å²) in [6.45, 7) is 3.44. The molecule has 3 aromatic heterocycles. The normalized spacial score (nSPS) is 13.2. The van der Waals surface area contributed by atoms with Crippen LogP contribution in [0, 0.1) is 6.92 Å². The number of halogens is 1. The van der Waals surface area contributed by atoms with E-state index in [-0.39, 0.29) is 11.6 Å². The van der Waals surface area contributed by atoms with Crippen molar-refractivity contribution in [3.05, 3.63) is 71.3 Å². The lowest BCUT2D eigenvalue weighted by atomic mass is 10.2. The van der Waals surface area contributed by atoms with Gasteiger partial charge in [0.2, 0.25) is 0 Å². The van der Waals surface area contributed by atoms with E-state index in [2.05, 4.69) is 25.1 Å². The third-order valence-electron chi connectivity index (χ3n) is 5.96. The second-order valence-corrected chi connectivity index (χ2v) is 11.3. The molecule has 0 unspecified atom stereocenters. The van der Waals surface area contributed by atoms with Crippen molar-refractivity contribution >= 4 is 21.4 Å². The molecule has 0 aliphatic heterocycles. The molecule has 0 bridgehead atoms. The van der Waals surface area contributed by atoms with Crippen molar-refractivity contribution in [3.8, 4) is 28.6 Å². The average molecular weight is 559 g/mol. The van der Waals surface area contributed by atoms with Crippen molar-refractivity contribution in [1.82, 2.24) is 29.7 Å². The van der Waals surface area contributed by atoms with E-state index in [1.165, 1.54) is 40.6 Å². The number of pyridine rings is 1. The first-order valence-corrected chi connectivity index (χ1v) is 13.6. The first-order valence-electron chi connectivity index (χ1n) is 11.5. The molecule has 1 aromatic carbocycles. The van der Waals surface area contributed by atoms with E-state index in [9.17, 15) is 8.42 Å². The summed E-state index contributed by atoms with van der Waals surface area (Å²) >= 11 is 5.90. The van der Waals surface area contributed by atoms with E-state index in [1.54, 1.807) is 35.2 Å². The van der Waals surface area contributed by atoms with Gasteiger partial charge in [-0.1, -0.05) is 17.7 Å². The predicted octanol–water partition coefficient (Wildman–Crippen LogP) is 3.79. The Morgan fingerprint density at radius 2 is 1.66 bits per heavy atom. The highest BCUT2D eigenvalue weighted by Gasteiger charge is 2.35. The van der Waals surface area contributed by atoms with Gasteiger partial charge in [-0.2, -0.15) is 0 Å². The van der Waals surface area contributed by atoms with Crippen molar-refractivity contribution < 1.29 is 22.6 Å². The highest BCUT2D eigenvalue weighted by atomic mass is 35.5. The Morgan fingerprint density at radius 3 is 2.24 bits per heavy atom. The van der Waals surface area contributed by atoms with Crippen LogP contribution in [0.15, 0.2) is 49.1 Å². The van der Waals surface area contributed by atoms with Gasteiger partial charge in [-0.05, 0) is 37.6 Å². The Morgan fingerprint density at radius 1 is 1.00 bits per heavy atom. The molecule has 0 amide bonds. The molecule has 0 aliphatic carbocycles. The molecule has 0 saturated heterocycles. The van der Waals surface area contributed by atoms with Gasteiger partial charge in [-0.3, -0.25) is 9.55 Å². The Hall–Kier alpha value is -3.61. The molecule has 2 atom stereocenters. The second kappa shape index (κ2) is 11.4. The quantitative estimate of drug-likeness (QED) is 0.283. The van der Waals surface area contributed by atoms with Crippen molar-refractivity contribution in [2.75, 3.05) is 21.3 Å². The number of aryl methyl sites for hydroxylation is 1. The first-order chi connectivity index (χ1) is 18.2. The molecule has 0 spiro atoms. The number of sulfone groups is 1. The van der Waals surface area contributed by atoms with E-state index in [1.807, 2.05) is 13.0 Å². The summed E-state index contributed by atoms with van der Waals surface area (Å²) in [7, 11) is 0.551. The van der Waals surface area contributed by atoms with Gasteiger partial charge in [-0.15, -0.1) is 10.2 Å². The molecular weight excluding hydrogens is 532 g/mol. The van der Waals surface area contributed by atoms with Crippen molar-refractivity contribution in [2.24, 2.45) is 0 Å². The maximum absolute atomic E-state index is 13.7. The Kier molecular flexibility index (Phi) is 8.24. The van der Waals surface area contributed by atoms with Gasteiger partial charge in [0, 0.05) is 37.5 Å². The number of methoxy groups -OCH3 is 3. The molecule has 0 aliphatic rings. The molecule has 200 valence electrons. The molecular formula is C25H27ClN6O5S. The van der Waals surface area contributed by atoms with Crippen LogP contribution in [0.1, 0.15) is 30.2 Å². The molecule has 3 heterocycles. The fourth-order valence-electron chi connectivity index (χ4n) is 4.04. The van der Waals surface area contributed by atoms with Crippen LogP contribution in [-0.2, 0) is 20.3 Å². The zero-order valence-corrected chi connectivity index (χ0v) is 23.1. The van der Waals surface area contributed by atoms with Crippen molar-refractivity contribution in [1.29, 1.82) is 0 Å². The largest absolute Gasteiger partial charge is 0.494 e. The minimum Gasteiger partial charge on any atom is -0.494 e. The number of benzene rings is 1. The van der Waals surface area contributed by atoms with Crippen LogP contribution in [0.2, 0.25) is 5.02 Å².